The van der Waals surface area contributed by atoms with E-state index >= 15 is 0 Å². The molecular weight excluding hydrogens is 520 g/mol. The minimum absolute atomic E-state index is 0.375. The van der Waals surface area contributed by atoms with Gasteiger partial charge < -0.3 is 79.1 Å². The largest absolute Gasteiger partial charge is 0.394 e. The van der Waals surface area contributed by atoms with E-state index in [9.17, 15) is 46.0 Å². The van der Waals surface area contributed by atoms with Gasteiger partial charge in [0, 0.05) is 7.11 Å². The number of hydrogen-bond acceptors (Lipinski definition) is 16. The molecule has 224 valence electrons. The minimum atomic E-state index is -1.86. The Kier molecular flexibility index (Phi) is 11.6. The van der Waals surface area contributed by atoms with E-state index in [1.165, 1.54) is 7.11 Å². The Morgan fingerprint density at radius 3 is 1.26 bits per heavy atom. The zero-order chi connectivity index (χ0) is 28.3. The molecule has 16 nitrogen and oxygen atoms in total. The van der Waals surface area contributed by atoms with Crippen molar-refractivity contribution in [3.8, 4) is 0 Å². The van der Waals surface area contributed by atoms with Crippen LogP contribution in [0.1, 0.15) is 13.8 Å². The number of aliphatic hydroxyl groups excluding tert-OH is 9. The zero-order valence-corrected chi connectivity index (χ0v) is 21.2. The zero-order valence-electron chi connectivity index (χ0n) is 21.2. The van der Waals surface area contributed by atoms with Crippen LogP contribution in [-0.2, 0) is 33.2 Å². The maximum Gasteiger partial charge on any atom is 0.187 e. The molecule has 0 spiro atoms. The van der Waals surface area contributed by atoms with Gasteiger partial charge in [0.15, 0.2) is 18.9 Å². The standard InChI is InChI=1S/C22H40O16/c1-7(2)33-20-15(30)12(27)18(9(5-24)35-20)38-22-16(31)13(28)19(10(6-25)36-22)37-21-14(29)11(26)17(32-3)8(4-23)34-21/h7-31H,4-6H2,1-3H3/t8?,9?,10?,11-,12-,13-,14?,15?,16?,17-,18-,19-,20+,21-,22-/m1/s1. The maximum absolute atomic E-state index is 10.8. The molecule has 16 heteroatoms. The van der Waals surface area contributed by atoms with Crippen molar-refractivity contribution >= 4 is 0 Å². The molecular formula is C22H40O16. The van der Waals surface area contributed by atoms with Crippen molar-refractivity contribution in [2.24, 2.45) is 0 Å². The Balaban J connectivity index is 1.71. The third-order valence-corrected chi connectivity index (χ3v) is 6.72. The molecule has 0 aromatic heterocycles. The molecule has 9 N–H and O–H groups in total. The average Bonchev–Trinajstić information content (AvgIpc) is 2.89. The van der Waals surface area contributed by atoms with E-state index in [1.807, 2.05) is 0 Å². The summed E-state index contributed by atoms with van der Waals surface area (Å²) in [7, 11) is 1.25. The van der Waals surface area contributed by atoms with Crippen LogP contribution in [0.25, 0.3) is 0 Å². The van der Waals surface area contributed by atoms with Gasteiger partial charge in [0.25, 0.3) is 0 Å². The lowest BCUT2D eigenvalue weighted by atomic mass is 9.96. The van der Waals surface area contributed by atoms with Crippen molar-refractivity contribution < 1.29 is 79.1 Å². The van der Waals surface area contributed by atoms with Crippen molar-refractivity contribution in [1.29, 1.82) is 0 Å². The van der Waals surface area contributed by atoms with E-state index in [4.69, 9.17) is 33.2 Å². The van der Waals surface area contributed by atoms with Gasteiger partial charge in [-0.3, -0.25) is 0 Å². The van der Waals surface area contributed by atoms with E-state index < -0.39 is 112 Å². The predicted molar refractivity (Wildman–Crippen MR) is 120 cm³/mol. The minimum Gasteiger partial charge on any atom is -0.394 e. The summed E-state index contributed by atoms with van der Waals surface area (Å²) in [5.41, 5.74) is 0. The average molecular weight is 561 g/mol. The highest BCUT2D eigenvalue weighted by Gasteiger charge is 2.53. The Labute approximate surface area is 218 Å². The molecule has 3 aliphatic rings. The van der Waals surface area contributed by atoms with Crippen molar-refractivity contribution in [1.82, 2.24) is 0 Å². The molecule has 0 radical (unpaired) electrons. The van der Waals surface area contributed by atoms with Gasteiger partial charge in [-0.2, -0.15) is 0 Å². The van der Waals surface area contributed by atoms with Gasteiger partial charge in [-0.1, -0.05) is 0 Å². The molecule has 38 heavy (non-hydrogen) atoms. The highest BCUT2D eigenvalue weighted by molar-refractivity contribution is 4.96. The molecule has 3 rings (SSSR count). The highest BCUT2D eigenvalue weighted by Crippen LogP contribution is 2.33. The fraction of sp³-hybridized carbons (Fsp3) is 1.00. The Hall–Kier alpha value is -0.640. The Bertz CT molecular complexity index is 709. The van der Waals surface area contributed by atoms with E-state index in [-0.39, 0.29) is 6.10 Å². The molecule has 0 aliphatic carbocycles. The van der Waals surface area contributed by atoms with Crippen LogP contribution < -0.4 is 0 Å². The topological polar surface area (TPSA) is 247 Å². The monoisotopic (exact) mass is 560 g/mol. The van der Waals surface area contributed by atoms with Gasteiger partial charge >= 0.3 is 0 Å². The Morgan fingerprint density at radius 1 is 0.553 bits per heavy atom. The summed E-state index contributed by atoms with van der Waals surface area (Å²) in [4.78, 5) is 0. The first-order valence-corrected chi connectivity index (χ1v) is 12.3. The number of ether oxygens (including phenoxy) is 7. The molecule has 6 unspecified atom stereocenters. The third kappa shape index (κ3) is 6.63. The number of rotatable bonds is 10. The summed E-state index contributed by atoms with van der Waals surface area (Å²) in [6.45, 7) is 1.32. The van der Waals surface area contributed by atoms with Crippen LogP contribution in [0.5, 0.6) is 0 Å². The van der Waals surface area contributed by atoms with Crippen LogP contribution in [0.15, 0.2) is 0 Å². The molecule has 0 aromatic carbocycles. The maximum atomic E-state index is 10.8. The third-order valence-electron chi connectivity index (χ3n) is 6.72. The number of hydrogen-bond donors (Lipinski definition) is 9. The van der Waals surface area contributed by atoms with Crippen LogP contribution in [0.3, 0.4) is 0 Å². The fourth-order valence-electron chi connectivity index (χ4n) is 4.70. The smallest absolute Gasteiger partial charge is 0.187 e. The summed E-state index contributed by atoms with van der Waals surface area (Å²) >= 11 is 0. The number of aliphatic hydroxyl groups is 9. The second-order valence-corrected chi connectivity index (χ2v) is 9.71. The lowest BCUT2D eigenvalue weighted by Gasteiger charge is -2.48. The first-order chi connectivity index (χ1) is 18.0. The Morgan fingerprint density at radius 2 is 0.895 bits per heavy atom. The van der Waals surface area contributed by atoms with Crippen LogP contribution >= 0.6 is 0 Å². The van der Waals surface area contributed by atoms with E-state index in [0.29, 0.717) is 0 Å². The van der Waals surface area contributed by atoms with Gasteiger partial charge in [-0.25, -0.2) is 0 Å². The number of methoxy groups -OCH3 is 1. The van der Waals surface area contributed by atoms with E-state index in [2.05, 4.69) is 0 Å². The first kappa shape index (κ1) is 31.9. The summed E-state index contributed by atoms with van der Waals surface area (Å²) in [6.07, 6.45) is -22.9. The molecule has 0 saturated carbocycles. The second-order valence-electron chi connectivity index (χ2n) is 9.71. The predicted octanol–water partition coefficient (Wildman–Crippen LogP) is -5.49. The molecule has 0 aromatic rings. The molecule has 0 bridgehead atoms. The van der Waals surface area contributed by atoms with Crippen molar-refractivity contribution in [3.63, 3.8) is 0 Å². The highest BCUT2D eigenvalue weighted by atomic mass is 16.8. The van der Waals surface area contributed by atoms with E-state index in [1.54, 1.807) is 13.8 Å². The second kappa shape index (κ2) is 13.8. The molecule has 3 fully saturated rings. The van der Waals surface area contributed by atoms with E-state index in [0.717, 1.165) is 0 Å². The summed E-state index contributed by atoms with van der Waals surface area (Å²) in [5.74, 6) is 0. The lowest BCUT2D eigenvalue weighted by molar-refractivity contribution is -0.380. The summed E-state index contributed by atoms with van der Waals surface area (Å²) in [5, 5.41) is 92.5. The molecule has 3 aliphatic heterocycles. The summed E-state index contributed by atoms with van der Waals surface area (Å²) in [6, 6.07) is 0. The molecule has 0 amide bonds. The quantitative estimate of drug-likeness (QED) is 0.121. The van der Waals surface area contributed by atoms with Crippen LogP contribution in [0.4, 0.5) is 0 Å². The van der Waals surface area contributed by atoms with Gasteiger partial charge in [0.05, 0.1) is 25.9 Å². The van der Waals surface area contributed by atoms with Crippen molar-refractivity contribution in [2.75, 3.05) is 26.9 Å². The summed E-state index contributed by atoms with van der Waals surface area (Å²) < 4.78 is 38.1. The lowest BCUT2D eigenvalue weighted by Crippen LogP contribution is -2.66. The van der Waals surface area contributed by atoms with Gasteiger partial charge in [0.2, 0.25) is 0 Å². The fourth-order valence-corrected chi connectivity index (χ4v) is 4.70. The van der Waals surface area contributed by atoms with Gasteiger partial charge in [-0.05, 0) is 13.8 Å². The molecule has 15 atom stereocenters. The van der Waals surface area contributed by atoms with Crippen molar-refractivity contribution in [2.45, 2.75) is 112 Å². The van der Waals surface area contributed by atoms with Crippen LogP contribution in [0, 0.1) is 0 Å². The van der Waals surface area contributed by atoms with Gasteiger partial charge in [0.1, 0.15) is 73.2 Å². The first-order valence-electron chi connectivity index (χ1n) is 12.3. The molecule has 3 heterocycles. The SMILES string of the molecule is CO[C@@H]1C(CO)O[C@H](O[C@@H]2C(CO)O[C@H](O[C@@H]3C(CO)O[C@H](OC(C)C)C(O)[C@H]3O)C(O)[C@H]2O)C(O)[C@H]1O. The van der Waals surface area contributed by atoms with Crippen LogP contribution in [0.2, 0.25) is 0 Å². The molecule has 3 saturated heterocycles. The van der Waals surface area contributed by atoms with Crippen molar-refractivity contribution in [3.05, 3.63) is 0 Å². The normalized spacial score (nSPS) is 48.4. The van der Waals surface area contributed by atoms with Crippen LogP contribution in [-0.4, -0.2) is 171 Å². The van der Waals surface area contributed by atoms with Gasteiger partial charge in [-0.15, -0.1) is 0 Å².